The summed E-state index contributed by atoms with van der Waals surface area (Å²) >= 11 is 0. The Kier molecular flexibility index (Phi) is 3.95. The van der Waals surface area contributed by atoms with Gasteiger partial charge in [0.2, 0.25) is 0 Å². The fourth-order valence-electron chi connectivity index (χ4n) is 3.78. The van der Waals surface area contributed by atoms with Gasteiger partial charge in [-0.1, -0.05) is 0 Å². The Balaban J connectivity index is 1.85. The molecule has 0 aromatic carbocycles. The summed E-state index contributed by atoms with van der Waals surface area (Å²) in [7, 11) is 3.51. The van der Waals surface area contributed by atoms with Gasteiger partial charge in [0.15, 0.2) is 0 Å². The van der Waals surface area contributed by atoms with E-state index in [9.17, 15) is 4.79 Å². The van der Waals surface area contributed by atoms with Crippen LogP contribution >= 0.6 is 0 Å². The molecule has 1 amide bonds. The van der Waals surface area contributed by atoms with Gasteiger partial charge in [-0.15, -0.1) is 0 Å². The molecule has 1 saturated heterocycles. The number of pyridine rings is 1. The van der Waals surface area contributed by atoms with Gasteiger partial charge in [0.1, 0.15) is 0 Å². The highest BCUT2D eigenvalue weighted by molar-refractivity contribution is 5.94. The standard InChI is InChI=1S/C16H22N2O3/c1-20-13-3-6-16(21-2)7-10-18(14(16)11-13)15(19)12-4-8-17-9-5-12/h4-5,8-9,13-14H,3,6-7,10-11H2,1-2H3/t13-,14+,16-/m1/s1. The van der Waals surface area contributed by atoms with E-state index in [1.54, 1.807) is 38.7 Å². The van der Waals surface area contributed by atoms with E-state index in [0.717, 1.165) is 32.2 Å². The van der Waals surface area contributed by atoms with Crippen molar-refractivity contribution in [1.82, 2.24) is 9.88 Å². The van der Waals surface area contributed by atoms with Crippen molar-refractivity contribution in [3.8, 4) is 0 Å². The number of methoxy groups -OCH3 is 2. The Bertz CT molecular complexity index is 508. The predicted molar refractivity (Wildman–Crippen MR) is 78.1 cm³/mol. The van der Waals surface area contributed by atoms with Crippen LogP contribution in [0.2, 0.25) is 0 Å². The molecule has 0 N–H and O–H groups in total. The summed E-state index contributed by atoms with van der Waals surface area (Å²) in [5.74, 6) is 0.0677. The second-order valence-electron chi connectivity index (χ2n) is 5.90. The summed E-state index contributed by atoms with van der Waals surface area (Å²) in [6.07, 6.45) is 7.23. The maximum Gasteiger partial charge on any atom is 0.254 e. The van der Waals surface area contributed by atoms with Crippen LogP contribution < -0.4 is 0 Å². The van der Waals surface area contributed by atoms with Crippen molar-refractivity contribution < 1.29 is 14.3 Å². The van der Waals surface area contributed by atoms with Crippen LogP contribution in [0.15, 0.2) is 24.5 Å². The number of rotatable bonds is 3. The molecule has 3 rings (SSSR count). The monoisotopic (exact) mass is 290 g/mol. The molecule has 0 bridgehead atoms. The molecule has 3 atom stereocenters. The second kappa shape index (κ2) is 5.73. The minimum Gasteiger partial charge on any atom is -0.381 e. The van der Waals surface area contributed by atoms with Crippen molar-refractivity contribution in [3.63, 3.8) is 0 Å². The van der Waals surface area contributed by atoms with E-state index in [2.05, 4.69) is 4.98 Å². The third kappa shape index (κ3) is 2.45. The third-order valence-electron chi connectivity index (χ3n) is 5.06. The fraction of sp³-hybridized carbons (Fsp3) is 0.625. The average molecular weight is 290 g/mol. The molecule has 2 heterocycles. The lowest BCUT2D eigenvalue weighted by Crippen LogP contribution is -2.53. The fourth-order valence-corrected chi connectivity index (χ4v) is 3.78. The van der Waals surface area contributed by atoms with Crippen molar-refractivity contribution in [2.75, 3.05) is 20.8 Å². The van der Waals surface area contributed by atoms with Crippen molar-refractivity contribution in [3.05, 3.63) is 30.1 Å². The van der Waals surface area contributed by atoms with Crippen LogP contribution in [0.5, 0.6) is 0 Å². The number of hydrogen-bond acceptors (Lipinski definition) is 4. The third-order valence-corrected chi connectivity index (χ3v) is 5.06. The first-order valence-electron chi connectivity index (χ1n) is 7.49. The molecule has 5 nitrogen and oxygen atoms in total. The summed E-state index contributed by atoms with van der Waals surface area (Å²) in [6.45, 7) is 0.746. The van der Waals surface area contributed by atoms with E-state index in [1.807, 2.05) is 4.90 Å². The van der Waals surface area contributed by atoms with Gasteiger partial charge in [-0.05, 0) is 37.8 Å². The van der Waals surface area contributed by atoms with Gasteiger partial charge < -0.3 is 14.4 Å². The van der Waals surface area contributed by atoms with E-state index < -0.39 is 0 Å². The molecule has 2 aliphatic rings. The number of nitrogens with zero attached hydrogens (tertiary/aromatic N) is 2. The van der Waals surface area contributed by atoms with Crippen molar-refractivity contribution >= 4 is 5.91 Å². The van der Waals surface area contributed by atoms with Crippen molar-refractivity contribution in [2.45, 2.75) is 43.4 Å². The van der Waals surface area contributed by atoms with E-state index in [0.29, 0.717) is 5.56 Å². The molecular weight excluding hydrogens is 268 g/mol. The van der Waals surface area contributed by atoms with Crippen molar-refractivity contribution in [1.29, 1.82) is 0 Å². The molecule has 21 heavy (non-hydrogen) atoms. The zero-order valence-corrected chi connectivity index (χ0v) is 12.6. The average Bonchev–Trinajstić information content (AvgIpc) is 2.94. The lowest BCUT2D eigenvalue weighted by atomic mass is 9.79. The molecule has 1 aliphatic carbocycles. The maximum absolute atomic E-state index is 12.8. The maximum atomic E-state index is 12.8. The highest BCUT2D eigenvalue weighted by atomic mass is 16.5. The molecule has 2 fully saturated rings. The predicted octanol–water partition coefficient (Wildman–Crippen LogP) is 1.88. The Labute approximate surface area is 125 Å². The molecule has 1 saturated carbocycles. The van der Waals surface area contributed by atoms with Gasteiger partial charge in [-0.3, -0.25) is 9.78 Å². The summed E-state index contributed by atoms with van der Waals surface area (Å²) in [5, 5.41) is 0. The van der Waals surface area contributed by atoms with Gasteiger partial charge in [0.25, 0.3) is 5.91 Å². The van der Waals surface area contributed by atoms with Crippen LogP contribution in [0.3, 0.4) is 0 Å². The largest absolute Gasteiger partial charge is 0.381 e. The minimum atomic E-state index is -0.197. The van der Waals surface area contributed by atoms with Gasteiger partial charge in [0, 0.05) is 38.7 Å². The number of hydrogen-bond donors (Lipinski definition) is 0. The Morgan fingerprint density at radius 2 is 2.10 bits per heavy atom. The summed E-state index contributed by atoms with van der Waals surface area (Å²) < 4.78 is 11.4. The number of ether oxygens (including phenoxy) is 2. The first-order valence-corrected chi connectivity index (χ1v) is 7.49. The SMILES string of the molecule is CO[C@@H]1CC[C@@]2(OC)CCN(C(=O)c3ccncc3)[C@H]2C1. The number of carbonyl (C=O) groups excluding carboxylic acids is 1. The first-order chi connectivity index (χ1) is 10.2. The normalized spacial score (nSPS) is 32.0. The van der Waals surface area contributed by atoms with E-state index in [4.69, 9.17) is 9.47 Å². The summed E-state index contributed by atoms with van der Waals surface area (Å²) in [6, 6.07) is 3.64. The van der Waals surface area contributed by atoms with Crippen molar-refractivity contribution in [2.24, 2.45) is 0 Å². The Hall–Kier alpha value is -1.46. The zero-order valence-electron chi connectivity index (χ0n) is 12.6. The molecule has 0 radical (unpaired) electrons. The van der Waals surface area contributed by atoms with Crippen LogP contribution in [0, 0.1) is 0 Å². The molecule has 0 unspecified atom stereocenters. The van der Waals surface area contributed by atoms with Crippen LogP contribution in [-0.4, -0.2) is 54.3 Å². The van der Waals surface area contributed by atoms with Gasteiger partial charge in [0.05, 0.1) is 17.7 Å². The Morgan fingerprint density at radius 3 is 2.76 bits per heavy atom. The molecule has 0 spiro atoms. The highest BCUT2D eigenvalue weighted by Gasteiger charge is 2.52. The Morgan fingerprint density at radius 1 is 1.33 bits per heavy atom. The number of amides is 1. The van der Waals surface area contributed by atoms with Gasteiger partial charge in [-0.2, -0.15) is 0 Å². The lowest BCUT2D eigenvalue weighted by Gasteiger charge is -2.43. The van der Waals surface area contributed by atoms with E-state index in [1.165, 1.54) is 0 Å². The quantitative estimate of drug-likeness (QED) is 0.853. The zero-order chi connectivity index (χ0) is 14.9. The van der Waals surface area contributed by atoms with Gasteiger partial charge in [-0.25, -0.2) is 0 Å². The van der Waals surface area contributed by atoms with E-state index >= 15 is 0 Å². The molecule has 1 aromatic heterocycles. The molecule has 5 heteroatoms. The van der Waals surface area contributed by atoms with Crippen LogP contribution in [0.1, 0.15) is 36.0 Å². The first kappa shape index (κ1) is 14.5. The number of fused-ring (bicyclic) bond motifs is 1. The van der Waals surface area contributed by atoms with Crippen LogP contribution in [-0.2, 0) is 9.47 Å². The smallest absolute Gasteiger partial charge is 0.254 e. The number of likely N-dealkylation sites (tertiary alicyclic amines) is 1. The second-order valence-corrected chi connectivity index (χ2v) is 5.90. The van der Waals surface area contributed by atoms with Crippen LogP contribution in [0.25, 0.3) is 0 Å². The molecule has 114 valence electrons. The lowest BCUT2D eigenvalue weighted by molar-refractivity contribution is -0.0893. The summed E-state index contributed by atoms with van der Waals surface area (Å²) in [5.41, 5.74) is 0.494. The number of carbonyl (C=O) groups is 1. The summed E-state index contributed by atoms with van der Waals surface area (Å²) in [4.78, 5) is 18.7. The van der Waals surface area contributed by atoms with E-state index in [-0.39, 0.29) is 23.7 Å². The minimum absolute atomic E-state index is 0.0677. The number of aromatic nitrogens is 1. The molecular formula is C16H22N2O3. The van der Waals surface area contributed by atoms with Gasteiger partial charge >= 0.3 is 0 Å². The van der Waals surface area contributed by atoms with Crippen LogP contribution in [0.4, 0.5) is 0 Å². The topological polar surface area (TPSA) is 51.7 Å². The highest BCUT2D eigenvalue weighted by Crippen LogP contribution is 2.43. The molecule has 1 aromatic rings. The molecule has 1 aliphatic heterocycles.